The molecule has 1 N–H and O–H groups in total. The van der Waals surface area contributed by atoms with E-state index in [1.54, 1.807) is 0 Å². The molecule has 1 aromatic carbocycles. The second-order valence-electron chi connectivity index (χ2n) is 5.61. The van der Waals surface area contributed by atoms with E-state index in [0.717, 1.165) is 24.2 Å². The molecule has 1 aliphatic heterocycles. The van der Waals surface area contributed by atoms with Crippen molar-refractivity contribution in [1.29, 1.82) is 0 Å². The predicted octanol–water partition coefficient (Wildman–Crippen LogP) is 1.75. The molecule has 1 saturated heterocycles. The standard InChI is InChI=1S/C16H22N2O4S/c1-2-3-9-22-15-6-4-13(5-7-15)11-17-18-16(19)14-8-10-23(20,21)12-14/h4-7,11,14H,2-3,8-10,12H2,1H3,(H,18,19)/b17-11-/t14-/m0/s1. The molecule has 0 radical (unpaired) electrons. The number of carbonyl (C=O) groups excluding carboxylic acids is 1. The normalized spacial score (nSPS) is 19.8. The molecule has 0 unspecified atom stereocenters. The van der Waals surface area contributed by atoms with Gasteiger partial charge >= 0.3 is 0 Å². The Balaban J connectivity index is 1.80. The number of ether oxygens (including phenoxy) is 1. The third-order valence-electron chi connectivity index (χ3n) is 3.64. The van der Waals surface area contributed by atoms with Gasteiger partial charge in [-0.25, -0.2) is 13.8 Å². The lowest BCUT2D eigenvalue weighted by molar-refractivity contribution is -0.124. The van der Waals surface area contributed by atoms with Crippen molar-refractivity contribution in [2.24, 2.45) is 11.0 Å². The average molecular weight is 338 g/mol. The highest BCUT2D eigenvalue weighted by Gasteiger charge is 2.32. The Morgan fingerprint density at radius 3 is 2.74 bits per heavy atom. The van der Waals surface area contributed by atoms with Crippen LogP contribution < -0.4 is 10.2 Å². The topological polar surface area (TPSA) is 84.8 Å². The van der Waals surface area contributed by atoms with E-state index in [1.165, 1.54) is 6.21 Å². The largest absolute Gasteiger partial charge is 0.494 e. The number of rotatable bonds is 7. The molecule has 1 fully saturated rings. The summed E-state index contributed by atoms with van der Waals surface area (Å²) in [6.07, 6.45) is 4.00. The van der Waals surface area contributed by atoms with E-state index in [4.69, 9.17) is 4.74 Å². The predicted molar refractivity (Wildman–Crippen MR) is 89.3 cm³/mol. The second-order valence-corrected chi connectivity index (χ2v) is 7.83. The summed E-state index contributed by atoms with van der Waals surface area (Å²) in [4.78, 5) is 11.8. The monoisotopic (exact) mass is 338 g/mol. The number of hydrazone groups is 1. The quantitative estimate of drug-likeness (QED) is 0.466. The lowest BCUT2D eigenvalue weighted by Gasteiger charge is -2.05. The van der Waals surface area contributed by atoms with Crippen LogP contribution in [0.3, 0.4) is 0 Å². The number of benzene rings is 1. The lowest BCUT2D eigenvalue weighted by Crippen LogP contribution is -2.27. The van der Waals surface area contributed by atoms with E-state index in [9.17, 15) is 13.2 Å². The summed E-state index contributed by atoms with van der Waals surface area (Å²) < 4.78 is 28.2. The fourth-order valence-corrected chi connectivity index (χ4v) is 3.99. The summed E-state index contributed by atoms with van der Waals surface area (Å²) in [5.74, 6) is -0.0453. The minimum atomic E-state index is -3.06. The van der Waals surface area contributed by atoms with Gasteiger partial charge in [-0.2, -0.15) is 5.10 Å². The van der Waals surface area contributed by atoms with Crippen LogP contribution in [0.2, 0.25) is 0 Å². The second kappa shape index (κ2) is 8.10. The fraction of sp³-hybridized carbons (Fsp3) is 0.500. The zero-order valence-corrected chi connectivity index (χ0v) is 14.0. The van der Waals surface area contributed by atoms with Gasteiger partial charge < -0.3 is 4.74 Å². The maximum absolute atomic E-state index is 11.8. The first-order chi connectivity index (χ1) is 11.0. The summed E-state index contributed by atoms with van der Waals surface area (Å²) in [5, 5.41) is 3.88. The Hall–Kier alpha value is -1.89. The number of carbonyl (C=O) groups is 1. The molecular weight excluding hydrogens is 316 g/mol. The molecule has 23 heavy (non-hydrogen) atoms. The van der Waals surface area contributed by atoms with Crippen molar-refractivity contribution >= 4 is 22.0 Å². The average Bonchev–Trinajstić information content (AvgIpc) is 2.89. The van der Waals surface area contributed by atoms with Crippen molar-refractivity contribution in [2.75, 3.05) is 18.1 Å². The highest BCUT2D eigenvalue weighted by Crippen LogP contribution is 2.18. The van der Waals surface area contributed by atoms with E-state index in [2.05, 4.69) is 17.5 Å². The molecule has 1 heterocycles. The fourth-order valence-electron chi connectivity index (χ4n) is 2.25. The molecule has 1 amide bonds. The van der Waals surface area contributed by atoms with Crippen molar-refractivity contribution in [1.82, 2.24) is 5.43 Å². The first-order valence-corrected chi connectivity index (χ1v) is 9.58. The minimum Gasteiger partial charge on any atom is -0.494 e. The molecule has 1 atom stereocenters. The van der Waals surface area contributed by atoms with E-state index in [0.29, 0.717) is 13.0 Å². The molecule has 6 nitrogen and oxygen atoms in total. The molecule has 126 valence electrons. The van der Waals surface area contributed by atoms with Crippen LogP contribution in [0, 0.1) is 5.92 Å². The first-order valence-electron chi connectivity index (χ1n) is 7.76. The maximum atomic E-state index is 11.8. The van der Waals surface area contributed by atoms with Crippen LogP contribution >= 0.6 is 0 Å². The number of sulfone groups is 1. The van der Waals surface area contributed by atoms with Gasteiger partial charge in [0.25, 0.3) is 0 Å². The SMILES string of the molecule is CCCCOc1ccc(/C=N\NC(=O)[C@H]2CCS(=O)(=O)C2)cc1. The molecule has 0 spiro atoms. The van der Waals surface area contributed by atoms with Crippen molar-refractivity contribution < 1.29 is 17.9 Å². The Kier molecular flexibility index (Phi) is 6.15. The molecule has 0 bridgehead atoms. The summed E-state index contributed by atoms with van der Waals surface area (Å²) in [6.45, 7) is 2.81. The summed E-state index contributed by atoms with van der Waals surface area (Å²) in [5.41, 5.74) is 3.23. The number of amides is 1. The molecular formula is C16H22N2O4S. The number of unbranched alkanes of at least 4 members (excludes halogenated alkanes) is 1. The smallest absolute Gasteiger partial charge is 0.244 e. The third kappa shape index (κ3) is 5.67. The van der Waals surface area contributed by atoms with Crippen LogP contribution in [0.1, 0.15) is 31.7 Å². The summed E-state index contributed by atoms with van der Waals surface area (Å²) in [6, 6.07) is 7.39. The molecule has 0 aliphatic carbocycles. The molecule has 1 aromatic rings. The van der Waals surface area contributed by atoms with Gasteiger partial charge in [0.2, 0.25) is 5.91 Å². The van der Waals surface area contributed by atoms with Crippen molar-refractivity contribution in [2.45, 2.75) is 26.2 Å². The summed E-state index contributed by atoms with van der Waals surface area (Å²) >= 11 is 0. The van der Waals surface area contributed by atoms with Crippen LogP contribution in [0.5, 0.6) is 5.75 Å². The first kappa shape index (κ1) is 17.5. The van der Waals surface area contributed by atoms with Crippen molar-refractivity contribution in [3.63, 3.8) is 0 Å². The number of nitrogens with zero attached hydrogens (tertiary/aromatic N) is 1. The van der Waals surface area contributed by atoms with Crippen LogP contribution in [0.25, 0.3) is 0 Å². The lowest BCUT2D eigenvalue weighted by atomic mass is 10.1. The van der Waals surface area contributed by atoms with Gasteiger partial charge in [0.1, 0.15) is 5.75 Å². The zero-order valence-electron chi connectivity index (χ0n) is 13.2. The van der Waals surface area contributed by atoms with Crippen LogP contribution in [-0.2, 0) is 14.6 Å². The molecule has 1 aliphatic rings. The summed E-state index contributed by atoms with van der Waals surface area (Å²) in [7, 11) is -3.06. The van der Waals surface area contributed by atoms with E-state index in [-0.39, 0.29) is 17.4 Å². The molecule has 0 saturated carbocycles. The van der Waals surface area contributed by atoms with Gasteiger partial charge in [-0.3, -0.25) is 4.79 Å². The van der Waals surface area contributed by atoms with Crippen LogP contribution in [0.4, 0.5) is 0 Å². The number of hydrogen-bond donors (Lipinski definition) is 1. The molecule has 0 aromatic heterocycles. The van der Waals surface area contributed by atoms with Gasteiger partial charge in [0.05, 0.1) is 30.2 Å². The molecule has 2 rings (SSSR count). The zero-order chi connectivity index (χ0) is 16.7. The Morgan fingerprint density at radius 2 is 2.13 bits per heavy atom. The Labute approximate surface area is 136 Å². The van der Waals surface area contributed by atoms with Crippen LogP contribution in [0.15, 0.2) is 29.4 Å². The van der Waals surface area contributed by atoms with Gasteiger partial charge in [-0.15, -0.1) is 0 Å². The highest BCUT2D eigenvalue weighted by molar-refractivity contribution is 7.91. The van der Waals surface area contributed by atoms with E-state index < -0.39 is 15.8 Å². The molecule has 7 heteroatoms. The van der Waals surface area contributed by atoms with Gasteiger partial charge in [0, 0.05) is 0 Å². The number of nitrogens with one attached hydrogen (secondary N) is 1. The van der Waals surface area contributed by atoms with Gasteiger partial charge in [-0.05, 0) is 42.7 Å². The number of hydrogen-bond acceptors (Lipinski definition) is 5. The minimum absolute atomic E-state index is 0.0777. The van der Waals surface area contributed by atoms with E-state index >= 15 is 0 Å². The Morgan fingerprint density at radius 1 is 1.39 bits per heavy atom. The van der Waals surface area contributed by atoms with Crippen molar-refractivity contribution in [3.8, 4) is 5.75 Å². The van der Waals surface area contributed by atoms with E-state index in [1.807, 2.05) is 24.3 Å². The van der Waals surface area contributed by atoms with Crippen molar-refractivity contribution in [3.05, 3.63) is 29.8 Å². The third-order valence-corrected chi connectivity index (χ3v) is 5.41. The van der Waals surface area contributed by atoms with Gasteiger partial charge in [0.15, 0.2) is 9.84 Å². The highest BCUT2D eigenvalue weighted by atomic mass is 32.2. The maximum Gasteiger partial charge on any atom is 0.244 e. The Bertz CT molecular complexity index is 653. The van der Waals surface area contributed by atoms with Crippen LogP contribution in [-0.4, -0.2) is 38.7 Å². The van der Waals surface area contributed by atoms with Gasteiger partial charge in [-0.1, -0.05) is 13.3 Å².